The fourth-order valence-corrected chi connectivity index (χ4v) is 2.84. The first kappa shape index (κ1) is 18.1. The normalized spacial score (nSPS) is 12.5. The number of pyridine rings is 1. The smallest absolute Gasteiger partial charge is 0.307 e. The molecule has 0 saturated carbocycles. The van der Waals surface area contributed by atoms with Crippen LogP contribution in [0.1, 0.15) is 37.2 Å². The van der Waals surface area contributed by atoms with Gasteiger partial charge in [0, 0.05) is 30.5 Å². The molecule has 6 nitrogen and oxygen atoms in total. The Kier molecular flexibility index (Phi) is 6.09. The number of hydrogen-bond acceptors (Lipinski definition) is 4. The standard InChI is InChI=1S/C18H26N4O2/c1-12(2)9-15(18(23)24)10-19-11-16-13(3)21-22(14(16)4)17-7-5-6-8-20-17/h5-8,12,15,19H,9-11H2,1-4H3,(H,23,24). The number of hydrogen-bond donors (Lipinski definition) is 2. The summed E-state index contributed by atoms with van der Waals surface area (Å²) in [4.78, 5) is 15.7. The van der Waals surface area contributed by atoms with E-state index in [1.165, 1.54) is 0 Å². The molecule has 1 atom stereocenters. The second kappa shape index (κ2) is 8.06. The summed E-state index contributed by atoms with van der Waals surface area (Å²) in [7, 11) is 0. The van der Waals surface area contributed by atoms with Crippen LogP contribution in [0.3, 0.4) is 0 Å². The third-order valence-electron chi connectivity index (χ3n) is 4.11. The lowest BCUT2D eigenvalue weighted by molar-refractivity contribution is -0.142. The van der Waals surface area contributed by atoms with Gasteiger partial charge in [0.25, 0.3) is 0 Å². The van der Waals surface area contributed by atoms with Crippen LogP contribution in [0.5, 0.6) is 0 Å². The molecule has 24 heavy (non-hydrogen) atoms. The number of nitrogens with one attached hydrogen (secondary N) is 1. The van der Waals surface area contributed by atoms with Crippen molar-refractivity contribution in [3.8, 4) is 5.82 Å². The Morgan fingerprint density at radius 2 is 2.08 bits per heavy atom. The Morgan fingerprint density at radius 3 is 2.67 bits per heavy atom. The average Bonchev–Trinajstić information content (AvgIpc) is 2.82. The van der Waals surface area contributed by atoms with Crippen molar-refractivity contribution in [3.05, 3.63) is 41.3 Å². The lowest BCUT2D eigenvalue weighted by Crippen LogP contribution is -2.29. The highest BCUT2D eigenvalue weighted by molar-refractivity contribution is 5.70. The fourth-order valence-electron chi connectivity index (χ4n) is 2.84. The summed E-state index contributed by atoms with van der Waals surface area (Å²) in [5.41, 5.74) is 3.05. The Hall–Kier alpha value is -2.21. The minimum Gasteiger partial charge on any atom is -0.481 e. The molecule has 0 radical (unpaired) electrons. The van der Waals surface area contributed by atoms with Crippen molar-refractivity contribution in [1.29, 1.82) is 0 Å². The highest BCUT2D eigenvalue weighted by atomic mass is 16.4. The molecular formula is C18H26N4O2. The largest absolute Gasteiger partial charge is 0.481 e. The van der Waals surface area contributed by atoms with E-state index in [2.05, 4.69) is 15.4 Å². The van der Waals surface area contributed by atoms with Gasteiger partial charge in [0.2, 0.25) is 0 Å². The first-order valence-corrected chi connectivity index (χ1v) is 8.30. The first-order valence-electron chi connectivity index (χ1n) is 8.30. The number of aliphatic carboxylic acids is 1. The van der Waals surface area contributed by atoms with Crippen LogP contribution in [0.15, 0.2) is 24.4 Å². The van der Waals surface area contributed by atoms with Gasteiger partial charge in [-0.2, -0.15) is 5.10 Å². The Balaban J connectivity index is 2.05. The summed E-state index contributed by atoms with van der Waals surface area (Å²) < 4.78 is 1.83. The first-order chi connectivity index (χ1) is 11.4. The maximum atomic E-state index is 11.3. The van der Waals surface area contributed by atoms with E-state index >= 15 is 0 Å². The maximum absolute atomic E-state index is 11.3. The topological polar surface area (TPSA) is 80.0 Å². The molecule has 0 spiro atoms. The monoisotopic (exact) mass is 330 g/mol. The predicted octanol–water partition coefficient (Wildman–Crippen LogP) is 2.72. The molecule has 2 aromatic rings. The zero-order chi connectivity index (χ0) is 17.7. The van der Waals surface area contributed by atoms with Gasteiger partial charge in [0.05, 0.1) is 11.6 Å². The third-order valence-corrected chi connectivity index (χ3v) is 4.11. The number of rotatable bonds is 8. The summed E-state index contributed by atoms with van der Waals surface area (Å²) in [5, 5.41) is 17.2. The van der Waals surface area contributed by atoms with Crippen molar-refractivity contribution in [2.24, 2.45) is 11.8 Å². The van der Waals surface area contributed by atoms with Crippen molar-refractivity contribution >= 4 is 5.97 Å². The van der Waals surface area contributed by atoms with Crippen LogP contribution in [0, 0.1) is 25.7 Å². The summed E-state index contributed by atoms with van der Waals surface area (Å²) in [6, 6.07) is 5.72. The summed E-state index contributed by atoms with van der Waals surface area (Å²) in [6.45, 7) is 9.12. The van der Waals surface area contributed by atoms with Crippen LogP contribution in [0.2, 0.25) is 0 Å². The highest BCUT2D eigenvalue weighted by Crippen LogP contribution is 2.17. The molecule has 130 valence electrons. The van der Waals surface area contributed by atoms with Gasteiger partial charge in [0.15, 0.2) is 5.82 Å². The zero-order valence-electron chi connectivity index (χ0n) is 14.8. The Labute approximate surface area is 142 Å². The van der Waals surface area contributed by atoms with E-state index in [-0.39, 0.29) is 5.92 Å². The van der Waals surface area contributed by atoms with Gasteiger partial charge in [-0.3, -0.25) is 4.79 Å². The van der Waals surface area contributed by atoms with E-state index in [0.29, 0.717) is 25.4 Å². The van der Waals surface area contributed by atoms with Crippen molar-refractivity contribution in [1.82, 2.24) is 20.1 Å². The number of carboxylic acids is 1. The molecular weight excluding hydrogens is 304 g/mol. The Bertz CT molecular complexity index is 680. The third kappa shape index (κ3) is 4.41. The predicted molar refractivity (Wildman–Crippen MR) is 93.1 cm³/mol. The van der Waals surface area contributed by atoms with Gasteiger partial charge in [-0.25, -0.2) is 9.67 Å². The average molecular weight is 330 g/mol. The van der Waals surface area contributed by atoms with Gasteiger partial charge in [-0.1, -0.05) is 19.9 Å². The number of carbonyl (C=O) groups is 1. The second-order valence-corrected chi connectivity index (χ2v) is 6.54. The molecule has 2 N–H and O–H groups in total. The van der Waals surface area contributed by atoms with E-state index in [1.807, 2.05) is 50.6 Å². The number of aromatic nitrogens is 3. The molecule has 0 bridgehead atoms. The Morgan fingerprint density at radius 1 is 1.33 bits per heavy atom. The quantitative estimate of drug-likeness (QED) is 0.778. The van der Waals surface area contributed by atoms with Gasteiger partial charge in [-0.05, 0) is 38.3 Å². The van der Waals surface area contributed by atoms with Gasteiger partial charge in [-0.15, -0.1) is 0 Å². The van der Waals surface area contributed by atoms with Gasteiger partial charge < -0.3 is 10.4 Å². The van der Waals surface area contributed by atoms with Crippen molar-refractivity contribution < 1.29 is 9.90 Å². The summed E-state index contributed by atoms with van der Waals surface area (Å²) >= 11 is 0. The van der Waals surface area contributed by atoms with E-state index in [9.17, 15) is 9.90 Å². The molecule has 2 rings (SSSR count). The molecule has 2 aromatic heterocycles. The van der Waals surface area contributed by atoms with Crippen LogP contribution in [0.4, 0.5) is 0 Å². The molecule has 0 amide bonds. The van der Waals surface area contributed by atoms with Crippen molar-refractivity contribution in [2.75, 3.05) is 6.54 Å². The lowest BCUT2D eigenvalue weighted by atomic mass is 9.97. The fraction of sp³-hybridized carbons (Fsp3) is 0.500. The van der Waals surface area contributed by atoms with E-state index in [1.54, 1.807) is 6.20 Å². The second-order valence-electron chi connectivity index (χ2n) is 6.54. The molecule has 0 fully saturated rings. The van der Waals surface area contributed by atoms with E-state index in [4.69, 9.17) is 0 Å². The van der Waals surface area contributed by atoms with Crippen molar-refractivity contribution in [3.63, 3.8) is 0 Å². The number of carboxylic acid groups (broad SMARTS) is 1. The zero-order valence-corrected chi connectivity index (χ0v) is 14.8. The van der Waals surface area contributed by atoms with Crippen LogP contribution >= 0.6 is 0 Å². The molecule has 0 aromatic carbocycles. The van der Waals surface area contributed by atoms with Gasteiger partial charge >= 0.3 is 5.97 Å². The molecule has 2 heterocycles. The maximum Gasteiger partial charge on any atom is 0.307 e. The lowest BCUT2D eigenvalue weighted by Gasteiger charge is -2.15. The molecule has 0 aliphatic carbocycles. The number of aryl methyl sites for hydroxylation is 1. The minimum absolute atomic E-state index is 0.364. The summed E-state index contributed by atoms with van der Waals surface area (Å²) in [6.07, 6.45) is 2.42. The summed E-state index contributed by atoms with van der Waals surface area (Å²) in [5.74, 6) is 0.0427. The van der Waals surface area contributed by atoms with E-state index < -0.39 is 5.97 Å². The van der Waals surface area contributed by atoms with Crippen LogP contribution in [0.25, 0.3) is 5.82 Å². The van der Waals surface area contributed by atoms with Crippen LogP contribution in [-0.2, 0) is 11.3 Å². The SMILES string of the molecule is Cc1nn(-c2ccccn2)c(C)c1CNCC(CC(C)C)C(=O)O. The molecule has 1 unspecified atom stereocenters. The number of nitrogens with zero attached hydrogens (tertiary/aromatic N) is 3. The van der Waals surface area contributed by atoms with Crippen LogP contribution < -0.4 is 5.32 Å². The highest BCUT2D eigenvalue weighted by Gasteiger charge is 2.19. The van der Waals surface area contributed by atoms with Gasteiger partial charge in [0.1, 0.15) is 0 Å². The van der Waals surface area contributed by atoms with Crippen LogP contribution in [-0.4, -0.2) is 32.4 Å². The minimum atomic E-state index is -0.742. The van der Waals surface area contributed by atoms with Crippen molar-refractivity contribution in [2.45, 2.75) is 40.7 Å². The molecule has 0 saturated heterocycles. The molecule has 0 aliphatic rings. The van der Waals surface area contributed by atoms with E-state index in [0.717, 1.165) is 22.8 Å². The molecule has 0 aliphatic heterocycles. The molecule has 6 heteroatoms.